The van der Waals surface area contributed by atoms with Gasteiger partial charge in [-0.3, -0.25) is 14.5 Å². The maximum Gasteiger partial charge on any atom is 0.337 e. The van der Waals surface area contributed by atoms with Gasteiger partial charge in [0.05, 0.1) is 23.9 Å². The predicted molar refractivity (Wildman–Crippen MR) is 65.3 cm³/mol. The van der Waals surface area contributed by atoms with Gasteiger partial charge in [0.15, 0.2) is 0 Å². The van der Waals surface area contributed by atoms with E-state index in [0.717, 1.165) is 6.07 Å². The SMILES string of the molecule is [2H]C([2H])([2H])c1cc(C(=O)OC)cc(-c2c[nH]n(C)c2=O)n1. The molecule has 6 nitrogen and oxygen atoms in total. The van der Waals surface area contributed by atoms with Gasteiger partial charge in [0.1, 0.15) is 0 Å². The third kappa shape index (κ3) is 2.04. The number of esters is 1. The zero-order chi connectivity index (χ0) is 15.8. The molecular formula is C12H13N3O3. The van der Waals surface area contributed by atoms with Gasteiger partial charge in [-0.2, -0.15) is 0 Å². The van der Waals surface area contributed by atoms with Crippen molar-refractivity contribution < 1.29 is 13.6 Å². The summed E-state index contributed by atoms with van der Waals surface area (Å²) in [5.41, 5.74) is -0.346. The highest BCUT2D eigenvalue weighted by Crippen LogP contribution is 2.15. The van der Waals surface area contributed by atoms with E-state index in [0.29, 0.717) is 0 Å². The first-order valence-corrected chi connectivity index (χ1v) is 5.09. The van der Waals surface area contributed by atoms with Gasteiger partial charge in [-0.25, -0.2) is 4.79 Å². The predicted octanol–water partition coefficient (Wildman–Crippen LogP) is 0.870. The lowest BCUT2D eigenvalue weighted by atomic mass is 10.1. The molecule has 2 heterocycles. The third-order valence-electron chi connectivity index (χ3n) is 2.46. The summed E-state index contributed by atoms with van der Waals surface area (Å²) in [4.78, 5) is 27.5. The van der Waals surface area contributed by atoms with Crippen LogP contribution in [0.15, 0.2) is 23.1 Å². The Labute approximate surface area is 107 Å². The van der Waals surface area contributed by atoms with Crippen LogP contribution < -0.4 is 5.56 Å². The van der Waals surface area contributed by atoms with Crippen LogP contribution in [0.25, 0.3) is 11.3 Å². The highest BCUT2D eigenvalue weighted by atomic mass is 16.5. The fourth-order valence-electron chi connectivity index (χ4n) is 1.55. The lowest BCUT2D eigenvalue weighted by Crippen LogP contribution is -2.14. The van der Waals surface area contributed by atoms with Crippen molar-refractivity contribution in [3.8, 4) is 11.3 Å². The summed E-state index contributed by atoms with van der Waals surface area (Å²) in [6, 6.07) is 2.46. The molecule has 0 aliphatic heterocycles. The van der Waals surface area contributed by atoms with Gasteiger partial charge in [0.25, 0.3) is 5.56 Å². The molecule has 0 fully saturated rings. The van der Waals surface area contributed by atoms with Crippen LogP contribution in [0, 0.1) is 6.85 Å². The third-order valence-corrected chi connectivity index (χ3v) is 2.46. The first-order chi connectivity index (χ1) is 9.74. The molecule has 18 heavy (non-hydrogen) atoms. The molecule has 0 amide bonds. The Hall–Kier alpha value is -2.37. The number of H-pyrrole nitrogens is 1. The molecule has 2 aromatic rings. The Morgan fingerprint density at radius 1 is 1.56 bits per heavy atom. The fourth-order valence-corrected chi connectivity index (χ4v) is 1.55. The van der Waals surface area contributed by atoms with E-state index in [-0.39, 0.29) is 28.1 Å². The van der Waals surface area contributed by atoms with Crippen molar-refractivity contribution in [2.75, 3.05) is 7.11 Å². The van der Waals surface area contributed by atoms with E-state index in [4.69, 9.17) is 4.11 Å². The molecule has 2 aromatic heterocycles. The van der Waals surface area contributed by atoms with Gasteiger partial charge < -0.3 is 9.84 Å². The van der Waals surface area contributed by atoms with Gasteiger partial charge in [-0.15, -0.1) is 0 Å². The maximum absolute atomic E-state index is 11.9. The molecular weight excluding hydrogens is 234 g/mol. The number of aromatic nitrogens is 3. The van der Waals surface area contributed by atoms with E-state index in [2.05, 4.69) is 14.8 Å². The number of carbonyl (C=O) groups is 1. The van der Waals surface area contributed by atoms with Crippen LogP contribution in [-0.2, 0) is 11.8 Å². The molecule has 0 radical (unpaired) electrons. The Morgan fingerprint density at radius 2 is 2.33 bits per heavy atom. The lowest BCUT2D eigenvalue weighted by molar-refractivity contribution is 0.0600. The monoisotopic (exact) mass is 250 g/mol. The highest BCUT2D eigenvalue weighted by Gasteiger charge is 2.13. The first kappa shape index (κ1) is 8.68. The number of ether oxygens (including phenoxy) is 1. The van der Waals surface area contributed by atoms with E-state index in [1.54, 1.807) is 0 Å². The fraction of sp³-hybridized carbons (Fsp3) is 0.250. The number of hydrogen-bond acceptors (Lipinski definition) is 4. The number of rotatable bonds is 2. The molecule has 1 N–H and O–H groups in total. The summed E-state index contributed by atoms with van der Waals surface area (Å²) in [5, 5.41) is 2.66. The van der Waals surface area contributed by atoms with Gasteiger partial charge in [0, 0.05) is 23.1 Å². The molecule has 0 bridgehead atoms. The van der Waals surface area contributed by atoms with E-state index in [1.165, 1.54) is 31.1 Å². The lowest BCUT2D eigenvalue weighted by Gasteiger charge is -2.03. The first-order valence-electron chi connectivity index (χ1n) is 6.59. The second-order valence-electron chi connectivity index (χ2n) is 3.67. The molecule has 0 saturated carbocycles. The highest BCUT2D eigenvalue weighted by molar-refractivity contribution is 5.90. The minimum absolute atomic E-state index is 0.0249. The molecule has 0 spiro atoms. The number of aryl methyl sites for hydroxylation is 2. The number of pyridine rings is 1. The molecule has 0 unspecified atom stereocenters. The molecule has 2 rings (SSSR count). The molecule has 6 heteroatoms. The van der Waals surface area contributed by atoms with Crippen molar-refractivity contribution >= 4 is 5.97 Å². The topological polar surface area (TPSA) is 77.0 Å². The van der Waals surface area contributed by atoms with Crippen molar-refractivity contribution in [2.24, 2.45) is 7.05 Å². The molecule has 0 aliphatic carbocycles. The summed E-state index contributed by atoms with van der Waals surface area (Å²) >= 11 is 0. The quantitative estimate of drug-likeness (QED) is 0.802. The van der Waals surface area contributed by atoms with E-state index in [1.807, 2.05) is 0 Å². The van der Waals surface area contributed by atoms with Crippen molar-refractivity contribution in [3.05, 3.63) is 39.9 Å². The van der Waals surface area contributed by atoms with Crippen molar-refractivity contribution in [3.63, 3.8) is 0 Å². The second kappa shape index (κ2) is 4.48. The summed E-state index contributed by atoms with van der Waals surface area (Å²) in [6.07, 6.45) is 1.40. The van der Waals surface area contributed by atoms with Gasteiger partial charge in [0.2, 0.25) is 0 Å². The number of nitrogens with zero attached hydrogens (tertiary/aromatic N) is 2. The average Bonchev–Trinajstić information content (AvgIpc) is 2.76. The van der Waals surface area contributed by atoms with Crippen LogP contribution in [0.1, 0.15) is 20.2 Å². The minimum Gasteiger partial charge on any atom is -0.465 e. The molecule has 0 aliphatic rings. The van der Waals surface area contributed by atoms with Crippen molar-refractivity contribution in [2.45, 2.75) is 6.85 Å². The van der Waals surface area contributed by atoms with Crippen LogP contribution in [0.2, 0.25) is 0 Å². The van der Waals surface area contributed by atoms with Gasteiger partial charge >= 0.3 is 5.97 Å². The smallest absolute Gasteiger partial charge is 0.337 e. The Kier molecular flexibility index (Phi) is 2.16. The number of nitrogens with one attached hydrogen (secondary N) is 1. The zero-order valence-corrected chi connectivity index (χ0v) is 9.85. The molecule has 0 atom stereocenters. The summed E-state index contributed by atoms with van der Waals surface area (Å²) in [5.74, 6) is -0.698. The number of methoxy groups -OCH3 is 1. The number of aromatic amines is 1. The normalized spacial score (nSPS) is 13.6. The number of hydrogen-bond donors (Lipinski definition) is 1. The summed E-state index contributed by atoms with van der Waals surface area (Å²) in [7, 11) is 2.70. The van der Waals surface area contributed by atoms with Gasteiger partial charge in [-0.05, 0) is 19.0 Å². The Bertz CT molecular complexity index is 746. The maximum atomic E-state index is 11.9. The largest absolute Gasteiger partial charge is 0.465 e. The standard InChI is InChI=1S/C12H13N3O3/c1-7-4-8(12(17)18-3)5-10(14-7)9-6-13-15(2)11(9)16/h4-6,13H,1-3H3/i1D3. The Balaban J connectivity index is 2.69. The number of carbonyl (C=O) groups excluding carboxylic acids is 1. The summed E-state index contributed by atoms with van der Waals surface area (Å²) < 4.78 is 28.0. The van der Waals surface area contributed by atoms with E-state index < -0.39 is 12.8 Å². The summed E-state index contributed by atoms with van der Waals surface area (Å²) in [6.45, 7) is -2.50. The molecule has 94 valence electrons. The average molecular weight is 250 g/mol. The molecule has 0 saturated heterocycles. The van der Waals surface area contributed by atoms with Crippen LogP contribution >= 0.6 is 0 Å². The Morgan fingerprint density at radius 3 is 2.89 bits per heavy atom. The zero-order valence-electron chi connectivity index (χ0n) is 12.9. The van der Waals surface area contributed by atoms with Crippen LogP contribution in [0.4, 0.5) is 0 Å². The van der Waals surface area contributed by atoms with Crippen molar-refractivity contribution in [1.82, 2.24) is 14.8 Å². The van der Waals surface area contributed by atoms with Gasteiger partial charge in [-0.1, -0.05) is 0 Å². The van der Waals surface area contributed by atoms with Crippen molar-refractivity contribution in [1.29, 1.82) is 0 Å². The second-order valence-corrected chi connectivity index (χ2v) is 3.67. The van der Waals surface area contributed by atoms with E-state index in [9.17, 15) is 9.59 Å². The minimum atomic E-state index is -2.50. The van der Waals surface area contributed by atoms with E-state index >= 15 is 0 Å². The van der Waals surface area contributed by atoms with Crippen LogP contribution in [0.3, 0.4) is 0 Å². The molecule has 0 aromatic carbocycles. The van der Waals surface area contributed by atoms with Crippen LogP contribution in [0.5, 0.6) is 0 Å². The van der Waals surface area contributed by atoms with Crippen LogP contribution in [-0.4, -0.2) is 27.8 Å².